The quantitative estimate of drug-likeness (QED) is 0.868. The monoisotopic (exact) mass is 254 g/mol. The number of aromatic amines is 1. The molecule has 0 radical (unpaired) electrons. The first-order chi connectivity index (χ1) is 8.10. The Labute approximate surface area is 107 Å². The van der Waals surface area contributed by atoms with E-state index in [1.165, 1.54) is 12.8 Å². The van der Waals surface area contributed by atoms with Crippen LogP contribution in [-0.4, -0.2) is 33.5 Å². The molecule has 0 saturated heterocycles. The van der Waals surface area contributed by atoms with Gasteiger partial charge < -0.3 is 5.32 Å². The fraction of sp³-hybridized carbons (Fsp3) is 0.833. The van der Waals surface area contributed by atoms with Gasteiger partial charge >= 0.3 is 0 Å². The SMILES string of the molecule is CNC1CC(C)CC(C)C1Sc1n[nH]c(C)n1. The van der Waals surface area contributed by atoms with Crippen molar-refractivity contribution in [1.29, 1.82) is 0 Å². The van der Waals surface area contributed by atoms with E-state index in [-0.39, 0.29) is 0 Å². The summed E-state index contributed by atoms with van der Waals surface area (Å²) in [5.74, 6) is 2.42. The van der Waals surface area contributed by atoms with Crippen LogP contribution in [0.5, 0.6) is 0 Å². The van der Waals surface area contributed by atoms with Gasteiger partial charge in [0, 0.05) is 11.3 Å². The number of nitrogens with one attached hydrogen (secondary N) is 2. The van der Waals surface area contributed by atoms with Crippen LogP contribution in [-0.2, 0) is 0 Å². The summed E-state index contributed by atoms with van der Waals surface area (Å²) in [5.41, 5.74) is 0. The summed E-state index contributed by atoms with van der Waals surface area (Å²) in [6.45, 7) is 6.63. The molecule has 17 heavy (non-hydrogen) atoms. The number of aryl methyl sites for hydroxylation is 1. The Balaban J connectivity index is 2.06. The Bertz CT molecular complexity index is 365. The van der Waals surface area contributed by atoms with E-state index < -0.39 is 0 Å². The van der Waals surface area contributed by atoms with Gasteiger partial charge in [0.2, 0.25) is 5.16 Å². The molecule has 1 fully saturated rings. The van der Waals surface area contributed by atoms with Crippen molar-refractivity contribution in [3.05, 3.63) is 5.82 Å². The van der Waals surface area contributed by atoms with Crippen molar-refractivity contribution in [2.75, 3.05) is 7.05 Å². The number of thioether (sulfide) groups is 1. The first kappa shape index (κ1) is 12.9. The molecule has 0 amide bonds. The minimum Gasteiger partial charge on any atom is -0.316 e. The molecule has 0 bridgehead atoms. The van der Waals surface area contributed by atoms with Crippen LogP contribution in [0, 0.1) is 18.8 Å². The molecule has 1 heterocycles. The number of rotatable bonds is 3. The Morgan fingerprint density at radius 3 is 2.71 bits per heavy atom. The highest BCUT2D eigenvalue weighted by Crippen LogP contribution is 2.38. The van der Waals surface area contributed by atoms with E-state index in [1.807, 2.05) is 18.7 Å². The molecule has 0 aromatic carbocycles. The maximum Gasteiger partial charge on any atom is 0.208 e. The van der Waals surface area contributed by atoms with E-state index in [4.69, 9.17) is 0 Å². The zero-order valence-electron chi connectivity index (χ0n) is 11.0. The zero-order chi connectivity index (χ0) is 12.4. The van der Waals surface area contributed by atoms with E-state index in [0.717, 1.165) is 16.9 Å². The first-order valence-electron chi connectivity index (χ1n) is 6.33. The molecule has 5 heteroatoms. The van der Waals surface area contributed by atoms with Crippen molar-refractivity contribution in [2.45, 2.75) is 50.1 Å². The summed E-state index contributed by atoms with van der Waals surface area (Å²) in [6.07, 6.45) is 2.56. The van der Waals surface area contributed by atoms with Crippen LogP contribution < -0.4 is 5.32 Å². The fourth-order valence-corrected chi connectivity index (χ4v) is 4.09. The minimum atomic E-state index is 0.567. The maximum absolute atomic E-state index is 4.40. The lowest BCUT2D eigenvalue weighted by molar-refractivity contribution is 0.257. The Hall–Kier alpha value is -0.550. The maximum atomic E-state index is 4.40. The van der Waals surface area contributed by atoms with E-state index in [9.17, 15) is 0 Å². The predicted octanol–water partition coefficient (Wildman–Crippen LogP) is 2.23. The van der Waals surface area contributed by atoms with E-state index in [2.05, 4.69) is 41.4 Å². The van der Waals surface area contributed by atoms with Gasteiger partial charge in [-0.3, -0.25) is 5.10 Å². The average molecular weight is 254 g/mol. The highest BCUT2D eigenvalue weighted by atomic mass is 32.2. The van der Waals surface area contributed by atoms with Crippen molar-refractivity contribution in [3.63, 3.8) is 0 Å². The number of hydrogen-bond donors (Lipinski definition) is 2. The summed E-state index contributed by atoms with van der Waals surface area (Å²) < 4.78 is 0. The summed E-state index contributed by atoms with van der Waals surface area (Å²) >= 11 is 1.81. The van der Waals surface area contributed by atoms with Crippen molar-refractivity contribution in [2.24, 2.45) is 11.8 Å². The molecule has 2 N–H and O–H groups in total. The largest absolute Gasteiger partial charge is 0.316 e. The smallest absolute Gasteiger partial charge is 0.208 e. The van der Waals surface area contributed by atoms with Gasteiger partial charge in [-0.15, -0.1) is 5.10 Å². The average Bonchev–Trinajstić information content (AvgIpc) is 2.67. The molecule has 4 nitrogen and oxygen atoms in total. The summed E-state index contributed by atoms with van der Waals surface area (Å²) in [6, 6.07) is 0.567. The Morgan fingerprint density at radius 1 is 1.35 bits per heavy atom. The highest BCUT2D eigenvalue weighted by molar-refractivity contribution is 7.99. The third kappa shape index (κ3) is 3.01. The van der Waals surface area contributed by atoms with E-state index >= 15 is 0 Å². The van der Waals surface area contributed by atoms with Gasteiger partial charge in [-0.2, -0.15) is 0 Å². The molecule has 1 saturated carbocycles. The number of H-pyrrole nitrogens is 1. The Kier molecular flexibility index (Phi) is 4.09. The summed E-state index contributed by atoms with van der Waals surface area (Å²) in [5, 5.41) is 12.1. The highest BCUT2D eigenvalue weighted by Gasteiger charge is 2.34. The second kappa shape index (κ2) is 5.40. The third-order valence-corrected chi connectivity index (χ3v) is 5.04. The second-order valence-electron chi connectivity index (χ2n) is 5.23. The predicted molar refractivity (Wildman–Crippen MR) is 71.2 cm³/mol. The molecule has 4 unspecified atom stereocenters. The third-order valence-electron chi connectivity index (χ3n) is 3.58. The Morgan fingerprint density at radius 2 is 2.12 bits per heavy atom. The molecule has 1 aliphatic carbocycles. The molecule has 1 aliphatic rings. The van der Waals surface area contributed by atoms with Crippen LogP contribution in [0.25, 0.3) is 0 Å². The van der Waals surface area contributed by atoms with Crippen LogP contribution in [0.2, 0.25) is 0 Å². The normalized spacial score (nSPS) is 33.9. The minimum absolute atomic E-state index is 0.567. The van der Waals surface area contributed by atoms with Gasteiger partial charge in [-0.1, -0.05) is 25.6 Å². The molecular formula is C12H22N4S. The molecular weight excluding hydrogens is 232 g/mol. The standard InChI is InChI=1S/C12H22N4S/c1-7-5-8(2)11(10(6-7)13-4)17-12-14-9(3)15-16-12/h7-8,10-11,13H,5-6H2,1-4H3,(H,14,15,16). The van der Waals surface area contributed by atoms with E-state index in [1.54, 1.807) is 0 Å². The molecule has 1 aromatic rings. The summed E-state index contributed by atoms with van der Waals surface area (Å²) in [7, 11) is 2.06. The molecule has 2 rings (SSSR count). The molecule has 0 aliphatic heterocycles. The van der Waals surface area contributed by atoms with Gasteiger partial charge in [-0.25, -0.2) is 4.98 Å². The molecule has 1 aromatic heterocycles. The van der Waals surface area contributed by atoms with Crippen molar-refractivity contribution in [3.8, 4) is 0 Å². The lowest BCUT2D eigenvalue weighted by Gasteiger charge is -2.38. The van der Waals surface area contributed by atoms with E-state index in [0.29, 0.717) is 17.2 Å². The van der Waals surface area contributed by atoms with Gasteiger partial charge in [0.15, 0.2) is 0 Å². The van der Waals surface area contributed by atoms with Gasteiger partial charge in [-0.05, 0) is 38.6 Å². The van der Waals surface area contributed by atoms with Crippen LogP contribution in [0.15, 0.2) is 5.16 Å². The molecule has 0 spiro atoms. The van der Waals surface area contributed by atoms with Crippen molar-refractivity contribution < 1.29 is 0 Å². The van der Waals surface area contributed by atoms with Crippen LogP contribution >= 0.6 is 11.8 Å². The topological polar surface area (TPSA) is 53.6 Å². The van der Waals surface area contributed by atoms with Crippen molar-refractivity contribution in [1.82, 2.24) is 20.5 Å². The fourth-order valence-electron chi connectivity index (χ4n) is 2.81. The number of aromatic nitrogens is 3. The van der Waals surface area contributed by atoms with Gasteiger partial charge in [0.25, 0.3) is 0 Å². The van der Waals surface area contributed by atoms with Crippen LogP contribution in [0.1, 0.15) is 32.5 Å². The lowest BCUT2D eigenvalue weighted by atomic mass is 9.80. The molecule has 96 valence electrons. The van der Waals surface area contributed by atoms with Crippen molar-refractivity contribution >= 4 is 11.8 Å². The summed E-state index contributed by atoms with van der Waals surface area (Å²) in [4.78, 5) is 4.40. The second-order valence-corrected chi connectivity index (χ2v) is 6.38. The number of nitrogens with zero attached hydrogens (tertiary/aromatic N) is 2. The number of hydrogen-bond acceptors (Lipinski definition) is 4. The lowest BCUT2D eigenvalue weighted by Crippen LogP contribution is -2.44. The van der Waals surface area contributed by atoms with Gasteiger partial charge in [0.1, 0.15) is 5.82 Å². The molecule has 4 atom stereocenters. The first-order valence-corrected chi connectivity index (χ1v) is 7.21. The zero-order valence-corrected chi connectivity index (χ0v) is 11.8. The van der Waals surface area contributed by atoms with Gasteiger partial charge in [0.05, 0.1) is 0 Å². The van der Waals surface area contributed by atoms with Crippen LogP contribution in [0.3, 0.4) is 0 Å². The van der Waals surface area contributed by atoms with Crippen LogP contribution in [0.4, 0.5) is 0 Å².